The third-order valence-electron chi connectivity index (χ3n) is 3.82. The third kappa shape index (κ3) is 3.58. The van der Waals surface area contributed by atoms with Gasteiger partial charge in [0.05, 0.1) is 4.90 Å². The number of hydrogen-bond donors (Lipinski definition) is 2. The second kappa shape index (κ2) is 6.67. The largest absolute Gasteiger partial charge is 0.326 e. The van der Waals surface area contributed by atoms with E-state index in [0.717, 1.165) is 30.8 Å². The Labute approximate surface area is 121 Å². The minimum atomic E-state index is -3.45. The molecular formula is C14H23N3O2S. The van der Waals surface area contributed by atoms with Crippen molar-refractivity contribution in [3.63, 3.8) is 0 Å². The minimum Gasteiger partial charge on any atom is -0.326 e. The van der Waals surface area contributed by atoms with Gasteiger partial charge in [-0.3, -0.25) is 0 Å². The first-order valence-corrected chi connectivity index (χ1v) is 8.53. The summed E-state index contributed by atoms with van der Waals surface area (Å²) in [6, 6.07) is 5.23. The van der Waals surface area contributed by atoms with Gasteiger partial charge in [0.1, 0.15) is 0 Å². The van der Waals surface area contributed by atoms with Crippen LogP contribution in [0.15, 0.2) is 23.1 Å². The van der Waals surface area contributed by atoms with E-state index in [9.17, 15) is 8.42 Å². The predicted molar refractivity (Wildman–Crippen MR) is 79.9 cm³/mol. The summed E-state index contributed by atoms with van der Waals surface area (Å²) in [6.45, 7) is 5.52. The van der Waals surface area contributed by atoms with E-state index in [4.69, 9.17) is 5.73 Å². The number of likely N-dealkylation sites (tertiary alicyclic amines) is 1. The van der Waals surface area contributed by atoms with Crippen LogP contribution in [-0.4, -0.2) is 39.5 Å². The highest BCUT2D eigenvalue weighted by Gasteiger charge is 2.18. The molecule has 5 nitrogen and oxygen atoms in total. The van der Waals surface area contributed by atoms with Crippen molar-refractivity contribution in [1.82, 2.24) is 9.62 Å². The molecule has 20 heavy (non-hydrogen) atoms. The lowest BCUT2D eigenvalue weighted by molar-refractivity contribution is 0.344. The van der Waals surface area contributed by atoms with E-state index in [1.807, 2.05) is 6.07 Å². The van der Waals surface area contributed by atoms with Gasteiger partial charge in [-0.15, -0.1) is 0 Å². The Morgan fingerprint density at radius 2 is 2.00 bits per heavy atom. The SMILES string of the molecule is Cc1c(CN)cccc1S(=O)(=O)NCCN1CCCC1. The smallest absolute Gasteiger partial charge is 0.240 e. The highest BCUT2D eigenvalue weighted by atomic mass is 32.2. The summed E-state index contributed by atoms with van der Waals surface area (Å²) in [5.41, 5.74) is 7.23. The molecule has 1 fully saturated rings. The van der Waals surface area contributed by atoms with Crippen LogP contribution in [0.5, 0.6) is 0 Å². The van der Waals surface area contributed by atoms with Crippen LogP contribution in [0.4, 0.5) is 0 Å². The Bertz CT molecular complexity index is 552. The average molecular weight is 297 g/mol. The number of nitrogens with one attached hydrogen (secondary N) is 1. The molecule has 1 aliphatic rings. The zero-order valence-corrected chi connectivity index (χ0v) is 12.7. The standard InChI is InChI=1S/C14H23N3O2S/c1-12-13(11-15)5-4-6-14(12)20(18,19)16-7-10-17-8-2-3-9-17/h4-6,16H,2-3,7-11,15H2,1H3. The van der Waals surface area contributed by atoms with E-state index in [-0.39, 0.29) is 0 Å². The van der Waals surface area contributed by atoms with Crippen molar-refractivity contribution in [2.45, 2.75) is 31.2 Å². The van der Waals surface area contributed by atoms with Gasteiger partial charge in [-0.1, -0.05) is 12.1 Å². The van der Waals surface area contributed by atoms with Crippen molar-refractivity contribution < 1.29 is 8.42 Å². The number of rotatable bonds is 6. The quantitative estimate of drug-likeness (QED) is 0.815. The molecule has 0 bridgehead atoms. The Kier molecular flexibility index (Phi) is 5.15. The van der Waals surface area contributed by atoms with Crippen LogP contribution in [0.3, 0.4) is 0 Å². The fourth-order valence-electron chi connectivity index (χ4n) is 2.59. The maximum absolute atomic E-state index is 12.3. The molecule has 0 atom stereocenters. The van der Waals surface area contributed by atoms with Gasteiger partial charge >= 0.3 is 0 Å². The molecule has 3 N–H and O–H groups in total. The summed E-state index contributed by atoms with van der Waals surface area (Å²) in [5.74, 6) is 0. The number of benzene rings is 1. The molecule has 0 spiro atoms. The summed E-state index contributed by atoms with van der Waals surface area (Å²) < 4.78 is 27.3. The van der Waals surface area contributed by atoms with Crippen molar-refractivity contribution in [3.05, 3.63) is 29.3 Å². The van der Waals surface area contributed by atoms with Crippen LogP contribution in [-0.2, 0) is 16.6 Å². The van der Waals surface area contributed by atoms with E-state index in [0.29, 0.717) is 18.0 Å². The molecule has 1 aromatic rings. The topological polar surface area (TPSA) is 75.4 Å². The molecule has 2 rings (SSSR count). The molecule has 0 aliphatic carbocycles. The van der Waals surface area contributed by atoms with E-state index >= 15 is 0 Å². The molecule has 0 aromatic heterocycles. The van der Waals surface area contributed by atoms with Crippen molar-refractivity contribution in [2.24, 2.45) is 5.73 Å². The zero-order chi connectivity index (χ0) is 14.6. The molecule has 1 saturated heterocycles. The molecule has 1 aliphatic heterocycles. The van der Waals surface area contributed by atoms with Gasteiger partial charge in [0.15, 0.2) is 0 Å². The molecule has 1 aromatic carbocycles. The van der Waals surface area contributed by atoms with E-state index < -0.39 is 10.0 Å². The molecule has 0 amide bonds. The van der Waals surface area contributed by atoms with Crippen LogP contribution in [0, 0.1) is 6.92 Å². The first-order valence-electron chi connectivity index (χ1n) is 7.05. The van der Waals surface area contributed by atoms with Gasteiger partial charge in [-0.25, -0.2) is 13.1 Å². The lowest BCUT2D eigenvalue weighted by atomic mass is 10.1. The summed E-state index contributed by atoms with van der Waals surface area (Å²) >= 11 is 0. The summed E-state index contributed by atoms with van der Waals surface area (Å²) in [7, 11) is -3.45. The van der Waals surface area contributed by atoms with Crippen molar-refractivity contribution in [1.29, 1.82) is 0 Å². The van der Waals surface area contributed by atoms with Crippen molar-refractivity contribution in [2.75, 3.05) is 26.2 Å². The number of hydrogen-bond acceptors (Lipinski definition) is 4. The van der Waals surface area contributed by atoms with E-state index in [2.05, 4.69) is 9.62 Å². The number of sulfonamides is 1. The van der Waals surface area contributed by atoms with Crippen LogP contribution in [0.1, 0.15) is 24.0 Å². The molecule has 1 heterocycles. The Morgan fingerprint density at radius 1 is 1.30 bits per heavy atom. The van der Waals surface area contributed by atoms with Crippen molar-refractivity contribution in [3.8, 4) is 0 Å². The highest BCUT2D eigenvalue weighted by Crippen LogP contribution is 2.18. The maximum Gasteiger partial charge on any atom is 0.240 e. The van der Waals surface area contributed by atoms with Gasteiger partial charge in [0, 0.05) is 19.6 Å². The molecule has 6 heteroatoms. The molecule has 112 valence electrons. The highest BCUT2D eigenvalue weighted by molar-refractivity contribution is 7.89. The second-order valence-electron chi connectivity index (χ2n) is 5.19. The van der Waals surface area contributed by atoms with Crippen molar-refractivity contribution >= 4 is 10.0 Å². The number of nitrogens with zero attached hydrogens (tertiary/aromatic N) is 1. The summed E-state index contributed by atoms with van der Waals surface area (Å²) in [4.78, 5) is 2.62. The number of nitrogens with two attached hydrogens (primary N) is 1. The van der Waals surface area contributed by atoms with Gasteiger partial charge in [-0.05, 0) is 50.0 Å². The van der Waals surface area contributed by atoms with Crippen LogP contribution in [0.25, 0.3) is 0 Å². The predicted octanol–water partition coefficient (Wildman–Crippen LogP) is 0.828. The molecule has 0 unspecified atom stereocenters. The third-order valence-corrected chi connectivity index (χ3v) is 5.43. The molecular weight excluding hydrogens is 274 g/mol. The first-order chi connectivity index (χ1) is 9.54. The summed E-state index contributed by atoms with van der Waals surface area (Å²) in [6.07, 6.45) is 2.43. The van der Waals surface area contributed by atoms with Crippen LogP contribution < -0.4 is 10.5 Å². The summed E-state index contributed by atoms with van der Waals surface area (Å²) in [5, 5.41) is 0. The van der Waals surface area contributed by atoms with Gasteiger partial charge in [0.25, 0.3) is 0 Å². The lowest BCUT2D eigenvalue weighted by Gasteiger charge is -2.16. The minimum absolute atomic E-state index is 0.335. The lowest BCUT2D eigenvalue weighted by Crippen LogP contribution is -2.33. The molecule has 0 saturated carbocycles. The fourth-order valence-corrected chi connectivity index (χ4v) is 3.90. The van der Waals surface area contributed by atoms with Gasteiger partial charge < -0.3 is 10.6 Å². The monoisotopic (exact) mass is 297 g/mol. The van der Waals surface area contributed by atoms with Gasteiger partial charge in [-0.2, -0.15) is 0 Å². The van der Waals surface area contributed by atoms with Crippen LogP contribution in [0.2, 0.25) is 0 Å². The fraction of sp³-hybridized carbons (Fsp3) is 0.571. The van der Waals surface area contributed by atoms with Gasteiger partial charge in [0.2, 0.25) is 10.0 Å². The Morgan fingerprint density at radius 3 is 2.65 bits per heavy atom. The van der Waals surface area contributed by atoms with Crippen LogP contribution >= 0.6 is 0 Å². The Balaban J connectivity index is 2.02. The van der Waals surface area contributed by atoms with E-state index in [1.54, 1.807) is 19.1 Å². The second-order valence-corrected chi connectivity index (χ2v) is 6.93. The zero-order valence-electron chi connectivity index (χ0n) is 11.9. The normalized spacial score (nSPS) is 16.7. The average Bonchev–Trinajstić information content (AvgIpc) is 2.91. The first kappa shape index (κ1) is 15.4. The van der Waals surface area contributed by atoms with E-state index in [1.165, 1.54) is 12.8 Å². The maximum atomic E-state index is 12.3. The Hall–Kier alpha value is -0.950. The molecule has 0 radical (unpaired) electrons.